The second kappa shape index (κ2) is 14.4. The van der Waals surface area contributed by atoms with Crippen molar-refractivity contribution in [3.8, 4) is 0 Å². The van der Waals surface area contributed by atoms with Crippen LogP contribution in [0.4, 0.5) is 22.7 Å². The molecule has 2 aliphatic heterocycles. The van der Waals surface area contributed by atoms with Gasteiger partial charge in [-0.25, -0.2) is 9.97 Å². The van der Waals surface area contributed by atoms with Crippen LogP contribution in [0.2, 0.25) is 0 Å². The van der Waals surface area contributed by atoms with Gasteiger partial charge in [0.15, 0.2) is 0 Å². The van der Waals surface area contributed by atoms with Crippen molar-refractivity contribution in [1.29, 1.82) is 0 Å². The molecule has 0 spiro atoms. The highest BCUT2D eigenvalue weighted by Gasteiger charge is 2.38. The summed E-state index contributed by atoms with van der Waals surface area (Å²) in [4.78, 5) is 60.0. The smallest absolute Gasteiger partial charge is 0.318 e. The van der Waals surface area contributed by atoms with Crippen LogP contribution in [0, 0.1) is 40.5 Å². The van der Waals surface area contributed by atoms with Crippen LogP contribution >= 0.6 is 0 Å². The summed E-state index contributed by atoms with van der Waals surface area (Å²) in [5.41, 5.74) is 1.35. The van der Waals surface area contributed by atoms with Gasteiger partial charge < -0.3 is 9.13 Å². The van der Waals surface area contributed by atoms with Crippen LogP contribution in [0.1, 0.15) is 113 Å². The first-order chi connectivity index (χ1) is 24.8. The Morgan fingerprint density at radius 3 is 0.981 bits per heavy atom. The number of aryl methyl sites for hydroxylation is 6. The van der Waals surface area contributed by atoms with Crippen LogP contribution in [-0.2, 0) is 38.8 Å². The first kappa shape index (κ1) is 37.5. The lowest BCUT2D eigenvalue weighted by Gasteiger charge is -2.08. The molecule has 2 aliphatic rings. The van der Waals surface area contributed by atoms with Gasteiger partial charge in [-0.3, -0.25) is 40.5 Å². The molecule has 5 rings (SSSR count). The lowest BCUT2D eigenvalue weighted by molar-refractivity contribution is -0.384. The number of fused-ring (bicyclic) bond motifs is 8. The number of hydrogen-bond acceptors (Lipinski definition) is 10. The quantitative estimate of drug-likeness (QED) is 0.100. The van der Waals surface area contributed by atoms with Gasteiger partial charge in [0.2, 0.25) is 0 Å². The van der Waals surface area contributed by atoms with Gasteiger partial charge >= 0.3 is 22.7 Å². The topological polar surface area (TPSA) is 208 Å². The van der Waals surface area contributed by atoms with E-state index in [1.165, 1.54) is 21.3 Å². The largest absolute Gasteiger partial charge is 0.330 e. The van der Waals surface area contributed by atoms with Crippen molar-refractivity contribution in [1.82, 2.24) is 19.1 Å². The highest BCUT2D eigenvalue weighted by molar-refractivity contribution is 6.02. The summed E-state index contributed by atoms with van der Waals surface area (Å²) >= 11 is 0. The van der Waals surface area contributed by atoms with E-state index in [0.717, 1.165) is 0 Å². The summed E-state index contributed by atoms with van der Waals surface area (Å²) in [6.07, 6.45) is 4.28. The fraction of sp³-hybridized carbons (Fsp3) is 0.444. The molecule has 274 valence electrons. The minimum atomic E-state index is -0.597. The summed E-state index contributed by atoms with van der Waals surface area (Å²) in [6.45, 7) is 14.4. The fourth-order valence-corrected chi connectivity index (χ4v) is 8.17. The van der Waals surface area contributed by atoms with Crippen molar-refractivity contribution >= 4 is 68.1 Å². The van der Waals surface area contributed by atoms with Crippen molar-refractivity contribution in [2.24, 2.45) is 0 Å². The van der Waals surface area contributed by atoms with Crippen molar-refractivity contribution in [3.63, 3.8) is 0 Å². The summed E-state index contributed by atoms with van der Waals surface area (Å²) in [5.74, 6) is 0. The van der Waals surface area contributed by atoms with Crippen LogP contribution in [0.5, 0.6) is 0 Å². The number of nitro groups is 4. The molecule has 0 unspecified atom stereocenters. The Bertz CT molecular complexity index is 2160. The molecule has 0 fully saturated rings. The Kier molecular flexibility index (Phi) is 10.4. The molecule has 3 aromatic heterocycles. The van der Waals surface area contributed by atoms with E-state index >= 15 is 0 Å². The van der Waals surface area contributed by atoms with E-state index in [9.17, 15) is 40.5 Å². The Morgan fingerprint density at radius 2 is 0.750 bits per heavy atom. The third-order valence-corrected chi connectivity index (χ3v) is 10.1. The third kappa shape index (κ3) is 5.43. The molecule has 0 aromatic carbocycles. The molecule has 8 bridgehead atoms. The third-order valence-electron chi connectivity index (χ3n) is 10.1. The molecular formula is C36H42N8O8. The number of hydrogen-bond donors (Lipinski definition) is 0. The lowest BCUT2D eigenvalue weighted by atomic mass is 9.97. The Hall–Kier alpha value is -5.80. The van der Waals surface area contributed by atoms with Crippen LogP contribution in [0.15, 0.2) is 0 Å². The zero-order chi connectivity index (χ0) is 38.3. The van der Waals surface area contributed by atoms with E-state index in [-0.39, 0.29) is 96.5 Å². The molecule has 52 heavy (non-hydrogen) atoms. The zero-order valence-corrected chi connectivity index (χ0v) is 30.7. The maximum Gasteiger partial charge on any atom is 0.318 e. The summed E-state index contributed by atoms with van der Waals surface area (Å²) < 4.78 is 3.06. The molecule has 16 heteroatoms. The van der Waals surface area contributed by atoms with Gasteiger partial charge in [-0.1, -0.05) is 41.5 Å². The van der Waals surface area contributed by atoms with Gasteiger partial charge in [-0.2, -0.15) is 0 Å². The number of rotatable bonds is 12. The minimum absolute atomic E-state index is 0.0422. The molecule has 0 N–H and O–H groups in total. The number of allylic oxidation sites excluding steroid dienone is 2. The molecule has 0 aliphatic carbocycles. The molecule has 0 atom stereocenters. The SMILES string of the molecule is CCC1=C(CC)c2nc1c([N+](=O)[O-])c1c(CC)c(CC)c(c([N+](=O)[O-])c3nc(c([N+](=O)[O-])c4c(CC)c(CC)c(c2[N+](=O)[O-])n4CC)C=C3)n1CC. The predicted molar refractivity (Wildman–Crippen MR) is 200 cm³/mol. The lowest BCUT2D eigenvalue weighted by Crippen LogP contribution is -2.04. The molecule has 3 aromatic rings. The first-order valence-corrected chi connectivity index (χ1v) is 17.7. The fourth-order valence-electron chi connectivity index (χ4n) is 8.17. The monoisotopic (exact) mass is 714 g/mol. The van der Waals surface area contributed by atoms with Crippen LogP contribution in [0.3, 0.4) is 0 Å². The second-order valence-corrected chi connectivity index (χ2v) is 12.3. The van der Waals surface area contributed by atoms with Gasteiger partial charge in [-0.15, -0.1) is 0 Å². The summed E-state index contributed by atoms with van der Waals surface area (Å²) in [6, 6.07) is 0. The Balaban J connectivity index is 2.42. The number of nitrogens with zero attached hydrogens (tertiary/aromatic N) is 8. The van der Waals surface area contributed by atoms with Crippen molar-refractivity contribution in [3.05, 3.63) is 85.5 Å². The molecule has 0 amide bonds. The van der Waals surface area contributed by atoms with E-state index in [0.29, 0.717) is 33.4 Å². The van der Waals surface area contributed by atoms with Gasteiger partial charge in [-0.05, 0) is 97.9 Å². The molecule has 0 saturated heterocycles. The summed E-state index contributed by atoms with van der Waals surface area (Å²) in [7, 11) is 0. The average Bonchev–Trinajstić information content (AvgIpc) is 3.86. The van der Waals surface area contributed by atoms with Gasteiger partial charge in [0.25, 0.3) is 0 Å². The molecule has 16 nitrogen and oxygen atoms in total. The molecule has 5 heterocycles. The Morgan fingerprint density at radius 1 is 0.462 bits per heavy atom. The number of aromatic nitrogens is 4. The van der Waals surface area contributed by atoms with Gasteiger partial charge in [0.05, 0.1) is 19.7 Å². The standard InChI is InChI=1S/C36H42N8O8/c1-9-19-20(10-2)28-36(44(51)52)32-24(14-6)22(12-4)30(40(32)16-8)34(42(47)48)26-18-17-25(37-26)33(41(45)46)29-21(11-3)23(13-5)31(39(29)15-7)35(43(49)50)27(19)38-28/h17-18H,9-16H2,1-8H3. The highest BCUT2D eigenvalue weighted by atomic mass is 16.6. The predicted octanol–water partition coefficient (Wildman–Crippen LogP) is 9.09. The highest BCUT2D eigenvalue weighted by Crippen LogP contribution is 2.48. The molecular weight excluding hydrogens is 672 g/mol. The van der Waals surface area contributed by atoms with E-state index in [1.54, 1.807) is 55.4 Å². The maximum atomic E-state index is 13.4. The zero-order valence-electron chi connectivity index (χ0n) is 30.7. The summed E-state index contributed by atoms with van der Waals surface area (Å²) in [5, 5.41) is 52.9. The Labute approximate surface area is 299 Å². The van der Waals surface area contributed by atoms with Crippen LogP contribution in [0.25, 0.3) is 45.4 Å². The molecule has 0 saturated carbocycles. The minimum Gasteiger partial charge on any atom is -0.330 e. The van der Waals surface area contributed by atoms with Gasteiger partial charge in [0.1, 0.15) is 44.8 Å². The van der Waals surface area contributed by atoms with Crippen molar-refractivity contribution in [2.45, 2.75) is 107 Å². The van der Waals surface area contributed by atoms with E-state index in [1.807, 2.05) is 0 Å². The molecule has 0 radical (unpaired) electrons. The maximum absolute atomic E-state index is 13.4. The van der Waals surface area contributed by atoms with E-state index < -0.39 is 42.4 Å². The first-order valence-electron chi connectivity index (χ1n) is 17.7. The second-order valence-electron chi connectivity index (χ2n) is 12.3. The van der Waals surface area contributed by atoms with Crippen LogP contribution < -0.4 is 0 Å². The van der Waals surface area contributed by atoms with E-state index in [4.69, 9.17) is 4.98 Å². The van der Waals surface area contributed by atoms with Gasteiger partial charge in [0, 0.05) is 13.1 Å². The van der Waals surface area contributed by atoms with Crippen molar-refractivity contribution in [2.75, 3.05) is 0 Å². The van der Waals surface area contributed by atoms with Crippen LogP contribution in [-0.4, -0.2) is 38.8 Å². The van der Waals surface area contributed by atoms with Crippen molar-refractivity contribution < 1.29 is 19.7 Å². The average molecular weight is 715 g/mol. The normalized spacial score (nSPS) is 12.5. The van der Waals surface area contributed by atoms with E-state index in [2.05, 4.69) is 4.98 Å².